The first kappa shape index (κ1) is 53.8. The summed E-state index contributed by atoms with van der Waals surface area (Å²) in [4.78, 5) is 79.2. The molecule has 3 fully saturated rings. The average molecular weight is 1100 g/mol. The number of para-hydroxylation sites is 1. The highest BCUT2D eigenvalue weighted by molar-refractivity contribution is 5.97. The van der Waals surface area contributed by atoms with Gasteiger partial charge in [-0.05, 0) is 85.7 Å². The number of aliphatic hydroxyl groups is 2. The van der Waals surface area contributed by atoms with Crippen LogP contribution in [0.25, 0.3) is 17.0 Å². The van der Waals surface area contributed by atoms with E-state index >= 15 is 4.79 Å². The number of rotatable bonds is 13. The number of nitrogens with zero attached hydrogens (tertiary/aromatic N) is 3. The minimum absolute atomic E-state index is 0. The van der Waals surface area contributed by atoms with E-state index in [1.165, 1.54) is 45.3 Å². The first-order chi connectivity index (χ1) is 35.4. The molecule has 6 aliphatic rings. The van der Waals surface area contributed by atoms with Crippen molar-refractivity contribution in [2.45, 2.75) is 99.5 Å². The van der Waals surface area contributed by atoms with E-state index in [1.807, 2.05) is 56.3 Å². The number of hydrogen-bond acceptors (Lipinski definition) is 14. The molecule has 6 heterocycles. The molecule has 10 atom stereocenters. The first-order valence-electron chi connectivity index (χ1n) is 25.6. The van der Waals surface area contributed by atoms with Gasteiger partial charge in [-0.15, -0.1) is 0 Å². The minimum Gasteiger partial charge on any atom is -1.00 e. The number of quaternary nitrogens is 1. The molecule has 1 aliphatic carbocycles. The second-order valence-corrected chi connectivity index (χ2v) is 21.7. The molecular weight excluding hydrogens is 1030 g/mol. The summed E-state index contributed by atoms with van der Waals surface area (Å²) >= 11 is 0. The number of phenols is 1. The fourth-order valence-corrected chi connectivity index (χ4v) is 15.4. The minimum atomic E-state index is -2.60. The van der Waals surface area contributed by atoms with Crippen molar-refractivity contribution in [1.29, 1.82) is 0 Å². The zero-order chi connectivity index (χ0) is 52.8. The molecule has 2 bridgehead atoms. The van der Waals surface area contributed by atoms with Crippen molar-refractivity contribution in [3.8, 4) is 17.2 Å². The number of phenolic OH excluding ortho intramolecular Hbond substituents is 1. The molecule has 1 spiro atoms. The van der Waals surface area contributed by atoms with E-state index in [0.717, 1.165) is 23.6 Å². The number of aromatic amines is 1. The number of aromatic hydroxyl groups is 1. The van der Waals surface area contributed by atoms with Crippen LogP contribution < -0.4 is 31.4 Å². The van der Waals surface area contributed by atoms with Crippen LogP contribution in [0.5, 0.6) is 17.2 Å². The van der Waals surface area contributed by atoms with Crippen molar-refractivity contribution in [3.05, 3.63) is 101 Å². The number of aromatic nitrogens is 1. The number of esters is 3. The average Bonchev–Trinajstić information content (AvgIpc) is 4.27. The molecule has 4 N–H and O–H groups in total. The van der Waals surface area contributed by atoms with Crippen molar-refractivity contribution >= 4 is 52.8 Å². The topological polar surface area (TPSA) is 214 Å². The van der Waals surface area contributed by atoms with Crippen LogP contribution in [0.15, 0.2) is 72.8 Å². The molecule has 2 saturated heterocycles. The van der Waals surface area contributed by atoms with Crippen LogP contribution in [-0.4, -0.2) is 157 Å². The molecule has 75 heavy (non-hydrogen) atoms. The number of halogens is 1. The Morgan fingerprint density at radius 3 is 2.33 bits per heavy atom. The Bertz CT molecular complexity index is 3030. The predicted octanol–water partition coefficient (Wildman–Crippen LogP) is 2.03. The van der Waals surface area contributed by atoms with Gasteiger partial charge in [-0.1, -0.05) is 56.3 Å². The van der Waals surface area contributed by atoms with Gasteiger partial charge in [0.05, 0.1) is 53.3 Å². The number of methoxy groups -OCH3 is 4. The van der Waals surface area contributed by atoms with Crippen LogP contribution in [0.4, 0.5) is 5.69 Å². The highest BCUT2D eigenvalue weighted by Gasteiger charge is 2.81. The van der Waals surface area contributed by atoms with E-state index in [-0.39, 0.29) is 57.5 Å². The lowest BCUT2D eigenvalue weighted by Gasteiger charge is -2.63. The number of piperidine rings is 1. The fraction of sp³-hybridized carbons (Fsp3) is 0.491. The van der Waals surface area contributed by atoms with Crippen LogP contribution in [0.3, 0.4) is 0 Å². The lowest BCUT2D eigenvalue weighted by atomic mass is 9.47. The summed E-state index contributed by atoms with van der Waals surface area (Å²) in [5, 5.41) is 37.3. The Kier molecular flexibility index (Phi) is 14.0. The van der Waals surface area contributed by atoms with E-state index < -0.39 is 69.5 Å². The molecule has 1 amide bonds. The normalized spacial score (nSPS) is 32.4. The van der Waals surface area contributed by atoms with Crippen LogP contribution in [0.1, 0.15) is 80.8 Å². The zero-order valence-electron chi connectivity index (χ0n) is 43.5. The van der Waals surface area contributed by atoms with Crippen molar-refractivity contribution < 1.29 is 84.4 Å². The number of amides is 1. The van der Waals surface area contributed by atoms with Gasteiger partial charge in [-0.2, -0.15) is 0 Å². The number of carbonyl (C=O) groups is 5. The van der Waals surface area contributed by atoms with Crippen LogP contribution in [0.2, 0.25) is 0 Å². The van der Waals surface area contributed by atoms with E-state index in [9.17, 15) is 34.5 Å². The number of fused-ring (bicyclic) bond motifs is 6. The Balaban J connectivity index is 0.00000689. The predicted molar refractivity (Wildman–Crippen MR) is 273 cm³/mol. The number of H-pyrrole nitrogens is 1. The molecule has 18 heteroatoms. The molecule has 400 valence electrons. The van der Waals surface area contributed by atoms with Crippen molar-refractivity contribution in [1.82, 2.24) is 9.88 Å². The number of ether oxygens (including phenoxy) is 5. The monoisotopic (exact) mass is 1090 g/mol. The van der Waals surface area contributed by atoms with Crippen LogP contribution in [0, 0.1) is 11.3 Å². The van der Waals surface area contributed by atoms with Gasteiger partial charge in [0.1, 0.15) is 29.9 Å². The maximum absolute atomic E-state index is 15.8. The van der Waals surface area contributed by atoms with E-state index in [1.54, 1.807) is 24.3 Å². The molecule has 0 radical (unpaired) electrons. The third-order valence-electron chi connectivity index (χ3n) is 18.1. The summed E-state index contributed by atoms with van der Waals surface area (Å²) in [5.74, 6) is -2.46. The SMILES string of the molecule is CC[C@]1(O)C[C@@H]2C[C@](C(=O)OC)(c3cc4c(cc3OC)N(C=O)[C@H]3[C@@](O)(C(=O)OC)[C@H](OC(C)=O)[C@]5(CC)C=CCN6CC[C@]43[C@@H]65)c3[nH]c4ccccc4c3CC[N@+](CC(=O)/C=C/c3ccc(O)c(OC)c3)(C2)C1.[Br-]. The molecule has 4 aromatic rings. The Morgan fingerprint density at radius 2 is 1.65 bits per heavy atom. The van der Waals surface area contributed by atoms with Crippen molar-refractivity contribution in [2.75, 3.05) is 72.6 Å². The van der Waals surface area contributed by atoms with E-state index in [4.69, 9.17) is 23.7 Å². The maximum atomic E-state index is 15.8. The highest BCUT2D eigenvalue weighted by atomic mass is 79.9. The molecule has 3 aromatic carbocycles. The summed E-state index contributed by atoms with van der Waals surface area (Å²) < 4.78 is 29.5. The third-order valence-corrected chi connectivity index (χ3v) is 18.1. The Labute approximate surface area is 446 Å². The standard InChI is InChI=1S/C57H66N4O13.BrH/c1-8-53(68)28-36-29-56(51(66)72-6,47-39(38-13-10-11-14-42(38)58-47)19-24-61(30-36,32-53)31-37(64)17-15-35-16-18-44(65)46(25-35)71-5)41-26-40-43(27-45(41)70-4)60(33-62)49-55(40)21-23-59-22-12-20-54(9-2,48(55)59)50(74-34(3)63)57(49,69)52(67)73-7;/h10-18,20,25-27,33,36,48-50,58,68-69H,8-9,19,21-24,28-32H2,1-7H3;1H/t36-,48+,49-,50-,53+,54-,55-,56+,57+,61-;/m1./s1. The summed E-state index contributed by atoms with van der Waals surface area (Å²) in [7, 11) is 5.46. The quantitative estimate of drug-likeness (QED) is 0.0377. The molecule has 1 saturated carbocycles. The number of nitrogens with one attached hydrogen (secondary N) is 1. The summed E-state index contributed by atoms with van der Waals surface area (Å²) in [6.45, 7) is 7.33. The van der Waals surface area contributed by atoms with Gasteiger partial charge in [-0.25, -0.2) is 4.79 Å². The van der Waals surface area contributed by atoms with Gasteiger partial charge in [0.25, 0.3) is 0 Å². The van der Waals surface area contributed by atoms with Crippen molar-refractivity contribution in [2.24, 2.45) is 11.3 Å². The van der Waals surface area contributed by atoms with Crippen LogP contribution >= 0.6 is 0 Å². The van der Waals surface area contributed by atoms with Gasteiger partial charge in [-0.3, -0.25) is 24.1 Å². The number of benzene rings is 3. The number of hydrogen-bond donors (Lipinski definition) is 4. The Morgan fingerprint density at radius 1 is 0.907 bits per heavy atom. The third kappa shape index (κ3) is 7.86. The van der Waals surface area contributed by atoms with E-state index in [0.29, 0.717) is 99.3 Å². The molecule has 10 rings (SSSR count). The second kappa shape index (κ2) is 19.5. The maximum Gasteiger partial charge on any atom is 0.344 e. The largest absolute Gasteiger partial charge is 1.00 e. The lowest BCUT2D eigenvalue weighted by Crippen LogP contribution is -3.00. The first-order valence-corrected chi connectivity index (χ1v) is 25.6. The fourth-order valence-electron chi connectivity index (χ4n) is 15.4. The van der Waals surface area contributed by atoms with Crippen molar-refractivity contribution in [3.63, 3.8) is 0 Å². The number of carbonyl (C=O) groups excluding carboxylic acids is 5. The smallest absolute Gasteiger partial charge is 0.344 e. The Hall–Kier alpha value is -6.05. The lowest BCUT2D eigenvalue weighted by molar-refractivity contribution is -0.935. The zero-order valence-corrected chi connectivity index (χ0v) is 45.1. The van der Waals surface area contributed by atoms with Gasteiger partial charge >= 0.3 is 17.9 Å². The number of ketones is 1. The molecule has 5 aliphatic heterocycles. The van der Waals surface area contributed by atoms with Gasteiger partial charge in [0, 0.05) is 70.9 Å². The van der Waals surface area contributed by atoms with Gasteiger partial charge in [0.2, 0.25) is 17.8 Å². The molecule has 0 unspecified atom stereocenters. The van der Waals surface area contributed by atoms with Crippen LogP contribution in [-0.2, 0) is 55.4 Å². The van der Waals surface area contributed by atoms with E-state index in [2.05, 4.69) is 9.88 Å². The summed E-state index contributed by atoms with van der Waals surface area (Å²) in [5.41, 5.74) is -3.71. The molecule has 1 aromatic heterocycles. The molecule has 17 nitrogen and oxygen atoms in total. The summed E-state index contributed by atoms with van der Waals surface area (Å²) in [6.07, 6.45) is 8.11. The number of anilines is 1. The summed E-state index contributed by atoms with van der Waals surface area (Å²) in [6, 6.07) is 14.4. The van der Waals surface area contributed by atoms with Gasteiger partial charge < -0.3 is 70.4 Å². The molecular formula is C57H67BrN4O13. The second-order valence-electron chi connectivity index (χ2n) is 21.7. The van der Waals surface area contributed by atoms with Gasteiger partial charge in [0.15, 0.2) is 17.6 Å². The highest BCUT2D eigenvalue weighted by Crippen LogP contribution is 2.68.